The molecule has 1 aromatic carbocycles. The first kappa shape index (κ1) is 17.9. The highest BCUT2D eigenvalue weighted by Gasteiger charge is 2.41. The first-order valence-corrected chi connectivity index (χ1v) is 7.93. The van der Waals surface area contributed by atoms with Crippen LogP contribution in [0.3, 0.4) is 0 Å². The lowest BCUT2D eigenvalue weighted by Crippen LogP contribution is -2.48. The van der Waals surface area contributed by atoms with Crippen molar-refractivity contribution in [2.75, 3.05) is 20.3 Å². The summed E-state index contributed by atoms with van der Waals surface area (Å²) in [5.41, 5.74) is 0.818. The highest BCUT2D eigenvalue weighted by molar-refractivity contribution is 6.00. The molecule has 1 heterocycles. The van der Waals surface area contributed by atoms with Crippen molar-refractivity contribution >= 4 is 17.9 Å². The van der Waals surface area contributed by atoms with Crippen LogP contribution in [0, 0.1) is 0 Å². The van der Waals surface area contributed by atoms with Crippen LogP contribution < -0.4 is 5.32 Å². The zero-order valence-electron chi connectivity index (χ0n) is 13.7. The van der Waals surface area contributed by atoms with Crippen LogP contribution >= 0.6 is 0 Å². The molecule has 0 saturated carbocycles. The van der Waals surface area contributed by atoms with Crippen LogP contribution in [0.5, 0.6) is 0 Å². The second-order valence-corrected chi connectivity index (χ2v) is 5.50. The fraction of sp³-hybridized carbons (Fsp3) is 0.471. The molecule has 7 nitrogen and oxygen atoms in total. The number of rotatable bonds is 7. The third kappa shape index (κ3) is 4.79. The molecule has 0 aromatic heterocycles. The first-order valence-electron chi connectivity index (χ1n) is 7.93. The summed E-state index contributed by atoms with van der Waals surface area (Å²) in [6.07, 6.45) is 0.367. The van der Waals surface area contributed by atoms with E-state index in [1.165, 1.54) is 0 Å². The lowest BCUT2D eigenvalue weighted by molar-refractivity contribution is -0.133. The van der Waals surface area contributed by atoms with Gasteiger partial charge in [-0.1, -0.05) is 30.3 Å². The minimum atomic E-state index is -0.802. The summed E-state index contributed by atoms with van der Waals surface area (Å²) in [5, 5.41) is 2.72. The van der Waals surface area contributed by atoms with Crippen LogP contribution in [0.25, 0.3) is 0 Å². The van der Waals surface area contributed by atoms with Crippen LogP contribution in [0.4, 0.5) is 4.79 Å². The average Bonchev–Trinajstić information content (AvgIpc) is 2.99. The molecular formula is C17H22N2O5. The number of carbonyl (C=O) groups is 3. The molecular weight excluding hydrogens is 312 g/mol. The van der Waals surface area contributed by atoms with Gasteiger partial charge in [0.25, 0.3) is 0 Å². The number of hydrogen-bond donors (Lipinski definition) is 1. The minimum absolute atomic E-state index is 0.0611. The lowest BCUT2D eigenvalue weighted by Gasteiger charge is -2.21. The lowest BCUT2D eigenvalue weighted by atomic mass is 10.2. The topological polar surface area (TPSA) is 84.9 Å². The van der Waals surface area contributed by atoms with Crippen molar-refractivity contribution in [3.63, 3.8) is 0 Å². The maximum absolute atomic E-state index is 12.2. The normalized spacial score (nSPS) is 17.0. The molecule has 1 aromatic rings. The monoisotopic (exact) mass is 334 g/mol. The molecule has 0 radical (unpaired) electrons. The molecule has 1 N–H and O–H groups in total. The predicted octanol–water partition coefficient (Wildman–Crippen LogP) is 1.47. The van der Waals surface area contributed by atoms with Gasteiger partial charge in [0.2, 0.25) is 11.8 Å². The van der Waals surface area contributed by atoms with E-state index >= 15 is 0 Å². The fourth-order valence-corrected chi connectivity index (χ4v) is 2.50. The van der Waals surface area contributed by atoms with Gasteiger partial charge in [0, 0.05) is 26.7 Å². The van der Waals surface area contributed by atoms with Crippen molar-refractivity contribution in [1.82, 2.24) is 10.2 Å². The molecule has 1 aliphatic heterocycles. The maximum atomic E-state index is 12.2. The zero-order chi connectivity index (χ0) is 17.4. The van der Waals surface area contributed by atoms with Crippen LogP contribution in [0.2, 0.25) is 0 Å². The van der Waals surface area contributed by atoms with Gasteiger partial charge >= 0.3 is 6.09 Å². The van der Waals surface area contributed by atoms with Crippen molar-refractivity contribution in [3.05, 3.63) is 35.9 Å². The minimum Gasteiger partial charge on any atom is -0.444 e. The molecule has 1 fully saturated rings. The molecule has 0 spiro atoms. The third-order valence-corrected chi connectivity index (χ3v) is 3.74. The summed E-state index contributed by atoms with van der Waals surface area (Å²) in [5.74, 6) is -0.723. The molecule has 130 valence electrons. The Morgan fingerprint density at radius 3 is 2.75 bits per heavy atom. The van der Waals surface area contributed by atoms with Crippen LogP contribution in [0.15, 0.2) is 30.3 Å². The molecule has 7 heteroatoms. The Labute approximate surface area is 140 Å². The van der Waals surface area contributed by atoms with Gasteiger partial charge in [-0.15, -0.1) is 0 Å². The summed E-state index contributed by atoms with van der Waals surface area (Å²) in [4.78, 5) is 37.3. The van der Waals surface area contributed by atoms with Crippen LogP contribution in [0.1, 0.15) is 24.8 Å². The fourth-order valence-electron chi connectivity index (χ4n) is 2.50. The van der Waals surface area contributed by atoms with Gasteiger partial charge in [-0.25, -0.2) is 9.69 Å². The number of hydrogen-bond acceptors (Lipinski definition) is 5. The molecule has 2 rings (SSSR count). The molecule has 0 bridgehead atoms. The van der Waals surface area contributed by atoms with E-state index in [1.807, 2.05) is 30.3 Å². The van der Waals surface area contributed by atoms with Crippen LogP contribution in [-0.2, 0) is 25.7 Å². The van der Waals surface area contributed by atoms with Crippen molar-refractivity contribution in [3.8, 4) is 0 Å². The molecule has 1 saturated heterocycles. The Morgan fingerprint density at radius 1 is 1.29 bits per heavy atom. The van der Waals surface area contributed by atoms with Gasteiger partial charge in [-0.05, 0) is 18.4 Å². The molecule has 1 atom stereocenters. The Balaban J connectivity index is 1.89. The number of nitrogens with one attached hydrogen (secondary N) is 1. The van der Waals surface area contributed by atoms with E-state index < -0.39 is 12.1 Å². The largest absolute Gasteiger partial charge is 0.444 e. The molecule has 0 aliphatic carbocycles. The Hall–Kier alpha value is -2.41. The zero-order valence-corrected chi connectivity index (χ0v) is 13.7. The Bertz CT molecular complexity index is 576. The van der Waals surface area contributed by atoms with Gasteiger partial charge in [-0.3, -0.25) is 9.59 Å². The number of amides is 3. The number of likely N-dealkylation sites (tertiary alicyclic amines) is 1. The van der Waals surface area contributed by atoms with Crippen molar-refractivity contribution < 1.29 is 23.9 Å². The predicted molar refractivity (Wildman–Crippen MR) is 86.0 cm³/mol. The number of methoxy groups -OCH3 is 1. The smallest absolute Gasteiger partial charge is 0.417 e. The Kier molecular flexibility index (Phi) is 6.74. The quantitative estimate of drug-likeness (QED) is 0.763. The summed E-state index contributed by atoms with van der Waals surface area (Å²) in [7, 11) is 1.59. The molecule has 1 aliphatic rings. The standard InChI is InChI=1S/C17H22N2O5/c1-23-11-5-10-18-16(21)14-8-9-15(20)19(14)17(22)24-12-13-6-3-2-4-7-13/h2-4,6-7,14H,5,8-12H2,1H3,(H,18,21)/t14-/m0/s1. The molecule has 0 unspecified atom stereocenters. The van der Waals surface area contributed by atoms with E-state index in [4.69, 9.17) is 9.47 Å². The maximum Gasteiger partial charge on any atom is 0.417 e. The number of benzene rings is 1. The Morgan fingerprint density at radius 2 is 2.04 bits per heavy atom. The number of carbonyl (C=O) groups excluding carboxylic acids is 3. The van der Waals surface area contributed by atoms with Crippen molar-refractivity contribution in [2.45, 2.75) is 31.9 Å². The highest BCUT2D eigenvalue weighted by atomic mass is 16.6. The van der Waals surface area contributed by atoms with Gasteiger partial charge < -0.3 is 14.8 Å². The van der Waals surface area contributed by atoms with Gasteiger partial charge in [-0.2, -0.15) is 0 Å². The summed E-state index contributed by atoms with van der Waals surface area (Å²) < 4.78 is 10.1. The van der Waals surface area contributed by atoms with Crippen molar-refractivity contribution in [2.24, 2.45) is 0 Å². The summed E-state index contributed by atoms with van der Waals surface area (Å²) >= 11 is 0. The van der Waals surface area contributed by atoms with E-state index in [9.17, 15) is 14.4 Å². The molecule has 3 amide bonds. The second kappa shape index (κ2) is 9.02. The SMILES string of the molecule is COCCCNC(=O)[C@@H]1CCC(=O)N1C(=O)OCc1ccccc1. The average molecular weight is 334 g/mol. The van der Waals surface area contributed by atoms with Gasteiger partial charge in [0.15, 0.2) is 0 Å². The first-order chi connectivity index (χ1) is 11.6. The van der Waals surface area contributed by atoms with E-state index in [1.54, 1.807) is 7.11 Å². The van der Waals surface area contributed by atoms with E-state index in [0.29, 0.717) is 26.0 Å². The highest BCUT2D eigenvalue weighted by Crippen LogP contribution is 2.20. The van der Waals surface area contributed by atoms with Crippen molar-refractivity contribution in [1.29, 1.82) is 0 Å². The van der Waals surface area contributed by atoms with E-state index in [-0.39, 0.29) is 24.8 Å². The van der Waals surface area contributed by atoms with Gasteiger partial charge in [0.05, 0.1) is 0 Å². The molecule has 24 heavy (non-hydrogen) atoms. The number of nitrogens with zero attached hydrogens (tertiary/aromatic N) is 1. The number of imide groups is 1. The summed E-state index contributed by atoms with van der Waals surface area (Å²) in [6.45, 7) is 1.03. The third-order valence-electron chi connectivity index (χ3n) is 3.74. The van der Waals surface area contributed by atoms with E-state index in [0.717, 1.165) is 10.5 Å². The second-order valence-electron chi connectivity index (χ2n) is 5.50. The van der Waals surface area contributed by atoms with Gasteiger partial charge in [0.1, 0.15) is 12.6 Å². The van der Waals surface area contributed by atoms with E-state index in [2.05, 4.69) is 5.32 Å². The number of ether oxygens (including phenoxy) is 2. The summed E-state index contributed by atoms with van der Waals surface area (Å²) in [6, 6.07) is 8.36. The van der Waals surface area contributed by atoms with Crippen LogP contribution in [-0.4, -0.2) is 49.1 Å².